The zero-order chi connectivity index (χ0) is 19.5. The largest absolute Gasteiger partial charge is 0.347 e. The van der Waals surface area contributed by atoms with Gasteiger partial charge in [0.25, 0.3) is 0 Å². The van der Waals surface area contributed by atoms with E-state index in [9.17, 15) is 4.79 Å². The van der Waals surface area contributed by atoms with Crippen LogP contribution in [-0.2, 0) is 11.2 Å². The molecule has 4 rings (SSSR count). The number of carbonyl (C=O) groups is 1. The standard InChI is InChI=1S/C20H24N6OS/c1-3-16-17(14-6-8-21-9-7-14)24-25-18(16)23-19(27)15-5-4-10-26(11-15)20-22-13(2)12-28-20/h6-9,12,15H,3-5,10-11H2,1-2H3,(H2,23,24,25,27). The average molecular weight is 397 g/mol. The Morgan fingerprint density at radius 1 is 1.39 bits per heavy atom. The molecule has 146 valence electrons. The van der Waals surface area contributed by atoms with E-state index in [0.29, 0.717) is 12.4 Å². The Morgan fingerprint density at radius 3 is 2.93 bits per heavy atom. The summed E-state index contributed by atoms with van der Waals surface area (Å²) in [5.74, 6) is 0.589. The van der Waals surface area contributed by atoms with Crippen LogP contribution < -0.4 is 10.2 Å². The molecule has 1 amide bonds. The Bertz CT molecular complexity index is 951. The van der Waals surface area contributed by atoms with Gasteiger partial charge in [0.05, 0.1) is 17.3 Å². The molecule has 7 nitrogen and oxygen atoms in total. The fourth-order valence-corrected chi connectivity index (χ4v) is 4.48. The zero-order valence-corrected chi connectivity index (χ0v) is 16.9. The molecule has 0 saturated carbocycles. The van der Waals surface area contributed by atoms with E-state index in [4.69, 9.17) is 0 Å². The van der Waals surface area contributed by atoms with E-state index in [0.717, 1.165) is 53.5 Å². The third kappa shape index (κ3) is 3.77. The number of anilines is 2. The fourth-order valence-electron chi connectivity index (χ4n) is 3.64. The summed E-state index contributed by atoms with van der Waals surface area (Å²) in [6, 6.07) is 3.88. The summed E-state index contributed by atoms with van der Waals surface area (Å²) in [5, 5.41) is 13.6. The molecule has 1 saturated heterocycles. The van der Waals surface area contributed by atoms with E-state index in [-0.39, 0.29) is 11.8 Å². The third-order valence-corrected chi connectivity index (χ3v) is 6.12. The maximum absolute atomic E-state index is 12.9. The van der Waals surface area contributed by atoms with Gasteiger partial charge in [0.1, 0.15) is 0 Å². The second-order valence-electron chi connectivity index (χ2n) is 7.06. The molecular weight excluding hydrogens is 372 g/mol. The van der Waals surface area contributed by atoms with Crippen LogP contribution in [0, 0.1) is 12.8 Å². The van der Waals surface area contributed by atoms with Crippen molar-refractivity contribution in [1.29, 1.82) is 0 Å². The van der Waals surface area contributed by atoms with Crippen molar-refractivity contribution in [3.8, 4) is 11.3 Å². The number of hydrogen-bond acceptors (Lipinski definition) is 6. The summed E-state index contributed by atoms with van der Waals surface area (Å²) in [5.41, 5.74) is 3.99. The van der Waals surface area contributed by atoms with Crippen LogP contribution in [0.5, 0.6) is 0 Å². The molecule has 0 spiro atoms. The number of nitrogens with one attached hydrogen (secondary N) is 2. The van der Waals surface area contributed by atoms with Gasteiger partial charge in [0.15, 0.2) is 10.9 Å². The lowest BCUT2D eigenvalue weighted by Gasteiger charge is -2.31. The van der Waals surface area contributed by atoms with Crippen molar-refractivity contribution in [1.82, 2.24) is 20.2 Å². The van der Waals surface area contributed by atoms with Crippen molar-refractivity contribution in [2.45, 2.75) is 33.1 Å². The molecular formula is C20H24N6OS. The number of H-pyrrole nitrogens is 1. The Morgan fingerprint density at radius 2 is 2.21 bits per heavy atom. The molecule has 2 N–H and O–H groups in total. The molecule has 4 heterocycles. The maximum atomic E-state index is 12.9. The molecule has 8 heteroatoms. The van der Waals surface area contributed by atoms with Gasteiger partial charge in [-0.2, -0.15) is 5.10 Å². The number of aromatic amines is 1. The normalized spacial score (nSPS) is 16.9. The molecule has 1 aliphatic rings. The number of rotatable bonds is 5. The van der Waals surface area contributed by atoms with Gasteiger partial charge in [-0.25, -0.2) is 4.98 Å². The first-order chi connectivity index (χ1) is 13.7. The lowest BCUT2D eigenvalue weighted by atomic mass is 9.97. The number of hydrogen-bond donors (Lipinski definition) is 2. The van der Waals surface area contributed by atoms with Gasteiger partial charge >= 0.3 is 0 Å². The zero-order valence-electron chi connectivity index (χ0n) is 16.1. The van der Waals surface area contributed by atoms with Crippen LogP contribution in [0.3, 0.4) is 0 Å². The molecule has 0 aromatic carbocycles. The minimum absolute atomic E-state index is 0.0282. The number of aryl methyl sites for hydroxylation is 1. The summed E-state index contributed by atoms with van der Waals surface area (Å²) in [6.07, 6.45) is 6.16. The predicted molar refractivity (Wildman–Crippen MR) is 112 cm³/mol. The van der Waals surface area contributed by atoms with Gasteiger partial charge in [0, 0.05) is 42.0 Å². The quantitative estimate of drug-likeness (QED) is 0.687. The van der Waals surface area contributed by atoms with E-state index in [1.165, 1.54) is 0 Å². The summed E-state index contributed by atoms with van der Waals surface area (Å²) in [6.45, 7) is 5.71. The average Bonchev–Trinajstić information content (AvgIpc) is 3.34. The summed E-state index contributed by atoms with van der Waals surface area (Å²) in [7, 11) is 0. The first-order valence-corrected chi connectivity index (χ1v) is 10.5. The number of carbonyl (C=O) groups excluding carboxylic acids is 1. The molecule has 1 unspecified atom stereocenters. The third-order valence-electron chi connectivity index (χ3n) is 5.10. The van der Waals surface area contributed by atoms with E-state index in [1.807, 2.05) is 19.1 Å². The number of thiazole rings is 1. The van der Waals surface area contributed by atoms with Crippen molar-refractivity contribution >= 4 is 28.2 Å². The predicted octanol–water partition coefficient (Wildman–Crippen LogP) is 3.65. The number of piperidine rings is 1. The van der Waals surface area contributed by atoms with Crippen LogP contribution in [0.15, 0.2) is 29.9 Å². The van der Waals surface area contributed by atoms with Gasteiger partial charge in [-0.15, -0.1) is 11.3 Å². The van der Waals surface area contributed by atoms with Gasteiger partial charge in [-0.3, -0.25) is 14.9 Å². The molecule has 28 heavy (non-hydrogen) atoms. The smallest absolute Gasteiger partial charge is 0.230 e. The van der Waals surface area contributed by atoms with E-state index < -0.39 is 0 Å². The lowest BCUT2D eigenvalue weighted by molar-refractivity contribution is -0.120. The van der Waals surface area contributed by atoms with Crippen molar-refractivity contribution in [2.75, 3.05) is 23.3 Å². The molecule has 0 radical (unpaired) electrons. The Kier molecular flexibility index (Phi) is 5.38. The van der Waals surface area contributed by atoms with Gasteiger partial charge in [-0.1, -0.05) is 6.92 Å². The monoisotopic (exact) mass is 396 g/mol. The minimum Gasteiger partial charge on any atom is -0.347 e. The number of pyridine rings is 1. The fraction of sp³-hybridized carbons (Fsp3) is 0.400. The van der Waals surface area contributed by atoms with Crippen LogP contribution >= 0.6 is 11.3 Å². The van der Waals surface area contributed by atoms with Crippen molar-refractivity contribution in [2.24, 2.45) is 5.92 Å². The van der Waals surface area contributed by atoms with Gasteiger partial charge in [-0.05, 0) is 38.3 Å². The maximum Gasteiger partial charge on any atom is 0.230 e. The second kappa shape index (κ2) is 8.10. The van der Waals surface area contributed by atoms with Crippen molar-refractivity contribution in [3.63, 3.8) is 0 Å². The summed E-state index contributed by atoms with van der Waals surface area (Å²) in [4.78, 5) is 23.8. The summed E-state index contributed by atoms with van der Waals surface area (Å²) < 4.78 is 0. The van der Waals surface area contributed by atoms with Crippen molar-refractivity contribution in [3.05, 3.63) is 41.2 Å². The molecule has 1 fully saturated rings. The van der Waals surface area contributed by atoms with Gasteiger partial charge < -0.3 is 10.2 Å². The lowest BCUT2D eigenvalue weighted by Crippen LogP contribution is -2.40. The van der Waals surface area contributed by atoms with E-state index in [2.05, 4.69) is 42.7 Å². The Hall–Kier alpha value is -2.74. The van der Waals surface area contributed by atoms with Crippen LogP contribution in [0.1, 0.15) is 31.0 Å². The van der Waals surface area contributed by atoms with E-state index >= 15 is 0 Å². The van der Waals surface area contributed by atoms with Gasteiger partial charge in [0.2, 0.25) is 5.91 Å². The second-order valence-corrected chi connectivity index (χ2v) is 7.90. The minimum atomic E-state index is -0.0660. The molecule has 0 bridgehead atoms. The highest BCUT2D eigenvalue weighted by atomic mass is 32.1. The Labute approximate surface area is 168 Å². The molecule has 1 atom stereocenters. The van der Waals surface area contributed by atoms with Crippen LogP contribution in [0.25, 0.3) is 11.3 Å². The van der Waals surface area contributed by atoms with Crippen molar-refractivity contribution < 1.29 is 4.79 Å². The first-order valence-electron chi connectivity index (χ1n) is 9.61. The topological polar surface area (TPSA) is 86.8 Å². The Balaban J connectivity index is 1.48. The SMILES string of the molecule is CCc1c(NC(=O)C2CCCN(c3nc(C)cs3)C2)n[nH]c1-c1ccncc1. The highest BCUT2D eigenvalue weighted by Crippen LogP contribution is 2.29. The van der Waals surface area contributed by atoms with Crippen LogP contribution in [-0.4, -0.2) is 39.2 Å². The number of nitrogens with zero attached hydrogens (tertiary/aromatic N) is 4. The highest BCUT2D eigenvalue weighted by Gasteiger charge is 2.28. The van der Waals surface area contributed by atoms with Crippen LogP contribution in [0.4, 0.5) is 10.9 Å². The molecule has 0 aliphatic carbocycles. The molecule has 3 aromatic rings. The van der Waals surface area contributed by atoms with Crippen LogP contribution in [0.2, 0.25) is 0 Å². The highest BCUT2D eigenvalue weighted by molar-refractivity contribution is 7.13. The first kappa shape index (κ1) is 18.6. The van der Waals surface area contributed by atoms with E-state index in [1.54, 1.807) is 23.7 Å². The molecule has 3 aromatic heterocycles. The number of amides is 1. The molecule has 1 aliphatic heterocycles. The summed E-state index contributed by atoms with van der Waals surface area (Å²) >= 11 is 1.64. The number of aromatic nitrogens is 4.